The van der Waals surface area contributed by atoms with E-state index < -0.39 is 0 Å². The van der Waals surface area contributed by atoms with E-state index >= 15 is 0 Å². The van der Waals surface area contributed by atoms with Gasteiger partial charge in [-0.25, -0.2) is 0 Å². The third-order valence-electron chi connectivity index (χ3n) is 2.80. The van der Waals surface area contributed by atoms with E-state index in [0.717, 1.165) is 29.2 Å². The minimum atomic E-state index is -0.0647. The Kier molecular flexibility index (Phi) is 3.52. The van der Waals surface area contributed by atoms with E-state index in [9.17, 15) is 4.79 Å². The minimum absolute atomic E-state index is 0.0647. The third kappa shape index (κ3) is 2.80. The van der Waals surface area contributed by atoms with Gasteiger partial charge in [0.1, 0.15) is 11.0 Å². The molecule has 0 saturated carbocycles. The van der Waals surface area contributed by atoms with Crippen LogP contribution in [0, 0.1) is 0 Å². The Bertz CT molecular complexity index is 691. The van der Waals surface area contributed by atoms with Crippen molar-refractivity contribution in [3.8, 4) is 0 Å². The van der Waals surface area contributed by atoms with E-state index in [2.05, 4.69) is 25.5 Å². The van der Waals surface area contributed by atoms with Gasteiger partial charge in [0.05, 0.1) is 11.7 Å². The first kappa shape index (κ1) is 12.3. The SMILES string of the molecule is O=C(NCCc1ccsc1)c1ccc2nsnc2c1. The number of nitrogens with one attached hydrogen (secondary N) is 1. The molecule has 1 aromatic carbocycles. The van der Waals surface area contributed by atoms with Crippen LogP contribution in [0.4, 0.5) is 0 Å². The van der Waals surface area contributed by atoms with Gasteiger partial charge >= 0.3 is 0 Å². The Morgan fingerprint density at radius 3 is 2.95 bits per heavy atom. The predicted molar refractivity (Wildman–Crippen MR) is 77.8 cm³/mol. The van der Waals surface area contributed by atoms with Crippen LogP contribution in [0.5, 0.6) is 0 Å². The molecule has 0 radical (unpaired) electrons. The fourth-order valence-electron chi connectivity index (χ4n) is 1.78. The van der Waals surface area contributed by atoms with Crippen molar-refractivity contribution in [2.24, 2.45) is 0 Å². The Balaban J connectivity index is 1.63. The van der Waals surface area contributed by atoms with Crippen molar-refractivity contribution < 1.29 is 4.79 Å². The van der Waals surface area contributed by atoms with Crippen LogP contribution in [-0.2, 0) is 6.42 Å². The normalized spacial score (nSPS) is 10.7. The van der Waals surface area contributed by atoms with Gasteiger partial charge in [-0.3, -0.25) is 4.79 Å². The molecule has 0 aliphatic rings. The van der Waals surface area contributed by atoms with Gasteiger partial charge in [-0.2, -0.15) is 20.1 Å². The van der Waals surface area contributed by atoms with Crippen LogP contribution in [0.25, 0.3) is 11.0 Å². The first-order valence-corrected chi connectivity index (χ1v) is 7.52. The molecule has 3 rings (SSSR count). The van der Waals surface area contributed by atoms with Gasteiger partial charge in [0.2, 0.25) is 0 Å². The highest BCUT2D eigenvalue weighted by Gasteiger charge is 2.07. The van der Waals surface area contributed by atoms with Gasteiger partial charge in [0.25, 0.3) is 5.91 Å². The molecular weight excluding hydrogens is 278 g/mol. The molecule has 1 N–H and O–H groups in total. The lowest BCUT2D eigenvalue weighted by Gasteiger charge is -2.04. The average molecular weight is 289 g/mol. The summed E-state index contributed by atoms with van der Waals surface area (Å²) in [6, 6.07) is 7.46. The molecule has 3 aromatic rings. The molecule has 0 saturated heterocycles. The zero-order valence-electron chi connectivity index (χ0n) is 10.00. The van der Waals surface area contributed by atoms with Crippen molar-refractivity contribution in [2.45, 2.75) is 6.42 Å². The van der Waals surface area contributed by atoms with E-state index in [-0.39, 0.29) is 5.91 Å². The maximum absolute atomic E-state index is 12.0. The number of hydrogen-bond donors (Lipinski definition) is 1. The molecule has 2 heterocycles. The molecule has 2 aromatic heterocycles. The third-order valence-corrected chi connectivity index (χ3v) is 4.08. The van der Waals surface area contributed by atoms with Gasteiger partial charge in [-0.05, 0) is 47.0 Å². The predicted octanol–water partition coefficient (Wildman–Crippen LogP) is 2.73. The number of thiophene rings is 1. The molecule has 0 fully saturated rings. The fourth-order valence-corrected chi connectivity index (χ4v) is 3.00. The highest BCUT2D eigenvalue weighted by atomic mass is 32.1. The fraction of sp³-hybridized carbons (Fsp3) is 0.154. The lowest BCUT2D eigenvalue weighted by atomic mass is 10.2. The maximum atomic E-state index is 12.0. The summed E-state index contributed by atoms with van der Waals surface area (Å²) in [5, 5.41) is 7.05. The van der Waals surface area contributed by atoms with Crippen molar-refractivity contribution in [2.75, 3.05) is 6.54 Å². The van der Waals surface area contributed by atoms with Crippen molar-refractivity contribution in [3.05, 3.63) is 46.2 Å². The lowest BCUT2D eigenvalue weighted by Crippen LogP contribution is -2.25. The highest BCUT2D eigenvalue weighted by Crippen LogP contribution is 2.13. The maximum Gasteiger partial charge on any atom is 0.251 e. The molecule has 0 aliphatic heterocycles. The van der Waals surface area contributed by atoms with Gasteiger partial charge < -0.3 is 5.32 Å². The number of carbonyl (C=O) groups is 1. The molecule has 0 unspecified atom stereocenters. The van der Waals surface area contributed by atoms with Crippen LogP contribution >= 0.6 is 23.1 Å². The molecule has 6 heteroatoms. The Morgan fingerprint density at radius 1 is 1.21 bits per heavy atom. The summed E-state index contributed by atoms with van der Waals surface area (Å²) >= 11 is 2.83. The van der Waals surface area contributed by atoms with Crippen LogP contribution in [0.15, 0.2) is 35.0 Å². The number of hydrogen-bond acceptors (Lipinski definition) is 5. The summed E-state index contributed by atoms with van der Waals surface area (Å²) in [4.78, 5) is 12.0. The first-order chi connectivity index (χ1) is 9.33. The first-order valence-electron chi connectivity index (χ1n) is 5.84. The van der Waals surface area contributed by atoms with E-state index in [0.29, 0.717) is 12.1 Å². The molecule has 96 valence electrons. The topological polar surface area (TPSA) is 54.9 Å². The molecule has 4 nitrogen and oxygen atoms in total. The second kappa shape index (κ2) is 5.46. The molecule has 0 spiro atoms. The molecular formula is C13H11N3OS2. The summed E-state index contributed by atoms with van der Waals surface area (Å²) < 4.78 is 8.25. The minimum Gasteiger partial charge on any atom is -0.352 e. The number of aromatic nitrogens is 2. The van der Waals surface area contributed by atoms with Crippen molar-refractivity contribution in [3.63, 3.8) is 0 Å². The highest BCUT2D eigenvalue weighted by molar-refractivity contribution is 7.07. The number of rotatable bonds is 4. The van der Waals surface area contributed by atoms with E-state index in [1.165, 1.54) is 5.56 Å². The van der Waals surface area contributed by atoms with Gasteiger partial charge in [-0.1, -0.05) is 0 Å². The van der Waals surface area contributed by atoms with Gasteiger partial charge in [0.15, 0.2) is 0 Å². The lowest BCUT2D eigenvalue weighted by molar-refractivity contribution is 0.0954. The Labute approximate surface area is 118 Å². The summed E-state index contributed by atoms with van der Waals surface area (Å²) in [6.45, 7) is 0.642. The van der Waals surface area contributed by atoms with Gasteiger partial charge in [-0.15, -0.1) is 0 Å². The zero-order chi connectivity index (χ0) is 13.1. The molecule has 1 amide bonds. The molecule has 19 heavy (non-hydrogen) atoms. The largest absolute Gasteiger partial charge is 0.352 e. The van der Waals surface area contributed by atoms with Gasteiger partial charge in [0, 0.05) is 12.1 Å². The van der Waals surface area contributed by atoms with Crippen LogP contribution in [0.3, 0.4) is 0 Å². The number of carbonyl (C=O) groups excluding carboxylic acids is 1. The van der Waals surface area contributed by atoms with Crippen LogP contribution in [-0.4, -0.2) is 21.2 Å². The number of nitrogens with zero attached hydrogens (tertiary/aromatic N) is 2. The number of benzene rings is 1. The van der Waals surface area contributed by atoms with Crippen LogP contribution < -0.4 is 5.32 Å². The average Bonchev–Trinajstić information content (AvgIpc) is 3.08. The Hall–Kier alpha value is -1.79. The van der Waals surface area contributed by atoms with Crippen molar-refractivity contribution >= 4 is 40.0 Å². The van der Waals surface area contributed by atoms with Crippen LogP contribution in [0.2, 0.25) is 0 Å². The molecule has 0 bridgehead atoms. The van der Waals surface area contributed by atoms with E-state index in [1.54, 1.807) is 23.5 Å². The molecule has 0 aliphatic carbocycles. The summed E-state index contributed by atoms with van der Waals surface area (Å²) in [5.41, 5.74) is 3.49. The zero-order valence-corrected chi connectivity index (χ0v) is 11.6. The van der Waals surface area contributed by atoms with Crippen molar-refractivity contribution in [1.29, 1.82) is 0 Å². The summed E-state index contributed by atoms with van der Waals surface area (Å²) in [6.07, 6.45) is 0.857. The summed E-state index contributed by atoms with van der Waals surface area (Å²) in [7, 11) is 0. The number of fused-ring (bicyclic) bond motifs is 1. The quantitative estimate of drug-likeness (QED) is 0.803. The number of amides is 1. The smallest absolute Gasteiger partial charge is 0.251 e. The molecule has 0 atom stereocenters. The van der Waals surface area contributed by atoms with Crippen molar-refractivity contribution in [1.82, 2.24) is 14.1 Å². The Morgan fingerprint density at radius 2 is 2.11 bits per heavy atom. The van der Waals surface area contributed by atoms with E-state index in [1.807, 2.05) is 11.4 Å². The second-order valence-corrected chi connectivity index (χ2v) is 5.41. The van der Waals surface area contributed by atoms with Crippen LogP contribution in [0.1, 0.15) is 15.9 Å². The van der Waals surface area contributed by atoms with E-state index in [4.69, 9.17) is 0 Å². The second-order valence-electron chi connectivity index (χ2n) is 4.11. The standard InChI is InChI=1S/C13H11N3OS2/c17-13(14-5-3-9-4-6-18-8-9)10-1-2-11-12(7-10)16-19-15-11/h1-2,4,6-8H,3,5H2,(H,14,17). The monoisotopic (exact) mass is 289 g/mol. The summed E-state index contributed by atoms with van der Waals surface area (Å²) in [5.74, 6) is -0.0647.